The van der Waals surface area contributed by atoms with Crippen LogP contribution in [0.1, 0.15) is 53.0 Å². The van der Waals surface area contributed by atoms with E-state index < -0.39 is 29.4 Å². The molecule has 29 heavy (non-hydrogen) atoms. The number of carbonyl (C=O) groups excluding carboxylic acids is 3. The van der Waals surface area contributed by atoms with Crippen molar-refractivity contribution in [3.05, 3.63) is 35.6 Å². The van der Waals surface area contributed by atoms with Crippen LogP contribution in [-0.2, 0) is 30.3 Å². The lowest BCUT2D eigenvalue weighted by atomic mass is 9.91. The molecule has 162 valence electrons. The van der Waals surface area contributed by atoms with Crippen LogP contribution in [0.2, 0.25) is 0 Å². The normalized spacial score (nSPS) is 14.4. The Bertz CT molecular complexity index is 696. The third-order valence-electron chi connectivity index (χ3n) is 4.29. The van der Waals surface area contributed by atoms with Gasteiger partial charge >= 0.3 is 11.9 Å². The van der Waals surface area contributed by atoms with Crippen LogP contribution in [-0.4, -0.2) is 36.6 Å². The van der Waals surface area contributed by atoms with E-state index in [0.717, 1.165) is 5.56 Å². The molecule has 1 aromatic rings. The van der Waals surface area contributed by atoms with E-state index in [4.69, 9.17) is 9.47 Å². The van der Waals surface area contributed by atoms with E-state index in [1.165, 1.54) is 19.2 Å². The number of carbonyl (C=O) groups is 3. The second-order valence-electron chi connectivity index (χ2n) is 8.39. The Morgan fingerprint density at radius 2 is 1.69 bits per heavy atom. The summed E-state index contributed by atoms with van der Waals surface area (Å²) in [5, 5.41) is 2.88. The van der Waals surface area contributed by atoms with Crippen LogP contribution in [0.15, 0.2) is 24.3 Å². The fraction of sp³-hybridized carbons (Fsp3) is 0.591. The van der Waals surface area contributed by atoms with Crippen LogP contribution >= 0.6 is 0 Å². The zero-order valence-corrected chi connectivity index (χ0v) is 18.1. The topological polar surface area (TPSA) is 81.7 Å². The molecule has 0 aliphatic carbocycles. The maximum Gasteiger partial charge on any atom is 0.308 e. The van der Waals surface area contributed by atoms with E-state index in [2.05, 4.69) is 5.32 Å². The summed E-state index contributed by atoms with van der Waals surface area (Å²) in [7, 11) is 1.28. The minimum absolute atomic E-state index is 0.131. The number of hydrogen-bond donors (Lipinski definition) is 1. The van der Waals surface area contributed by atoms with Crippen LogP contribution < -0.4 is 5.32 Å². The summed E-state index contributed by atoms with van der Waals surface area (Å²) in [6.45, 7) is 8.74. The van der Waals surface area contributed by atoms with Crippen LogP contribution in [0.4, 0.5) is 4.39 Å². The minimum atomic E-state index is -0.727. The smallest absolute Gasteiger partial charge is 0.308 e. The maximum atomic E-state index is 13.0. The average molecular weight is 409 g/mol. The molecule has 1 rings (SSSR count). The monoisotopic (exact) mass is 409 g/mol. The third kappa shape index (κ3) is 9.54. The maximum absolute atomic E-state index is 13.0. The molecule has 1 N–H and O–H groups in total. The van der Waals surface area contributed by atoms with Gasteiger partial charge in [0.1, 0.15) is 11.4 Å². The van der Waals surface area contributed by atoms with E-state index in [0.29, 0.717) is 6.42 Å². The van der Waals surface area contributed by atoms with Crippen molar-refractivity contribution in [2.75, 3.05) is 7.11 Å². The molecule has 0 bridgehead atoms. The summed E-state index contributed by atoms with van der Waals surface area (Å²) in [6.07, 6.45) is 0.548. The van der Waals surface area contributed by atoms with Crippen LogP contribution in [0.3, 0.4) is 0 Å². The Morgan fingerprint density at radius 3 is 2.21 bits per heavy atom. The van der Waals surface area contributed by atoms with Gasteiger partial charge in [0.05, 0.1) is 19.4 Å². The molecule has 0 radical (unpaired) electrons. The van der Waals surface area contributed by atoms with E-state index in [-0.39, 0.29) is 30.6 Å². The standard InChI is InChI=1S/C22H32FNO5/c1-14(21(27)28-6)11-17(13-19(25)29-22(3,4)5)20(26)24-15(2)12-16-7-9-18(23)10-8-16/h7-10,14-15,17H,11-13H2,1-6H3,(H,24,26)/t14-,15?,17+/m0/s1. The summed E-state index contributed by atoms with van der Waals surface area (Å²) < 4.78 is 23.1. The second kappa shape index (κ2) is 10.9. The van der Waals surface area contributed by atoms with Crippen molar-refractivity contribution in [1.82, 2.24) is 5.32 Å². The third-order valence-corrected chi connectivity index (χ3v) is 4.29. The van der Waals surface area contributed by atoms with E-state index in [9.17, 15) is 18.8 Å². The number of esters is 2. The van der Waals surface area contributed by atoms with Crippen LogP contribution in [0.25, 0.3) is 0 Å². The summed E-state index contributed by atoms with van der Waals surface area (Å²) >= 11 is 0. The van der Waals surface area contributed by atoms with Crippen molar-refractivity contribution in [1.29, 1.82) is 0 Å². The molecule has 1 amide bonds. The predicted molar refractivity (Wildman–Crippen MR) is 107 cm³/mol. The second-order valence-corrected chi connectivity index (χ2v) is 8.39. The van der Waals surface area contributed by atoms with Gasteiger partial charge in [0, 0.05) is 12.0 Å². The summed E-state index contributed by atoms with van der Waals surface area (Å²) in [6, 6.07) is 5.83. The molecule has 1 unspecified atom stereocenters. The number of benzene rings is 1. The number of nitrogens with one attached hydrogen (secondary N) is 1. The van der Waals surface area contributed by atoms with Gasteiger partial charge in [-0.3, -0.25) is 14.4 Å². The van der Waals surface area contributed by atoms with Crippen molar-refractivity contribution in [2.24, 2.45) is 11.8 Å². The van der Waals surface area contributed by atoms with E-state index in [1.54, 1.807) is 39.8 Å². The first-order chi connectivity index (χ1) is 13.4. The van der Waals surface area contributed by atoms with Gasteiger partial charge in [-0.1, -0.05) is 19.1 Å². The minimum Gasteiger partial charge on any atom is -0.469 e. The Hall–Kier alpha value is -2.44. The Labute approximate surface area is 172 Å². The molecule has 6 nitrogen and oxygen atoms in total. The molecule has 0 aromatic heterocycles. The Balaban J connectivity index is 2.80. The molecule has 0 aliphatic rings. The average Bonchev–Trinajstić information content (AvgIpc) is 2.60. The fourth-order valence-electron chi connectivity index (χ4n) is 2.98. The molecular formula is C22H32FNO5. The molecule has 0 saturated heterocycles. The van der Waals surface area contributed by atoms with Gasteiger partial charge in [-0.2, -0.15) is 0 Å². The van der Waals surface area contributed by atoms with Gasteiger partial charge in [-0.15, -0.1) is 0 Å². The number of amides is 1. The van der Waals surface area contributed by atoms with Gasteiger partial charge < -0.3 is 14.8 Å². The van der Waals surface area contributed by atoms with Gasteiger partial charge in [0.15, 0.2) is 0 Å². The number of methoxy groups -OCH3 is 1. The fourth-order valence-corrected chi connectivity index (χ4v) is 2.98. The predicted octanol–water partition coefficient (Wildman–Crippen LogP) is 3.42. The summed E-state index contributed by atoms with van der Waals surface area (Å²) in [4.78, 5) is 36.8. The molecule has 0 spiro atoms. The molecule has 7 heteroatoms. The largest absolute Gasteiger partial charge is 0.469 e. The first kappa shape index (κ1) is 24.6. The summed E-state index contributed by atoms with van der Waals surface area (Å²) in [5.74, 6) is -2.85. The molecule has 1 aromatic carbocycles. The molecular weight excluding hydrogens is 377 g/mol. The van der Waals surface area contributed by atoms with Crippen molar-refractivity contribution in [3.63, 3.8) is 0 Å². The molecule has 0 heterocycles. The first-order valence-electron chi connectivity index (χ1n) is 9.75. The Kier molecular flexibility index (Phi) is 9.27. The zero-order chi connectivity index (χ0) is 22.2. The first-order valence-corrected chi connectivity index (χ1v) is 9.75. The van der Waals surface area contributed by atoms with Crippen molar-refractivity contribution in [2.45, 2.75) is 65.5 Å². The SMILES string of the molecule is COC(=O)[C@@H](C)C[C@H](CC(=O)OC(C)(C)C)C(=O)NC(C)Cc1ccc(F)cc1. The number of ether oxygens (including phenoxy) is 2. The van der Waals surface area contributed by atoms with Crippen molar-refractivity contribution in [3.8, 4) is 0 Å². The quantitative estimate of drug-likeness (QED) is 0.632. The lowest BCUT2D eigenvalue weighted by Gasteiger charge is -2.24. The number of hydrogen-bond acceptors (Lipinski definition) is 5. The summed E-state index contributed by atoms with van der Waals surface area (Å²) in [5.41, 5.74) is 0.216. The highest BCUT2D eigenvalue weighted by Crippen LogP contribution is 2.20. The molecule has 0 fully saturated rings. The van der Waals surface area contributed by atoms with E-state index >= 15 is 0 Å². The van der Waals surface area contributed by atoms with Crippen molar-refractivity contribution >= 4 is 17.8 Å². The highest BCUT2D eigenvalue weighted by atomic mass is 19.1. The zero-order valence-electron chi connectivity index (χ0n) is 18.1. The van der Waals surface area contributed by atoms with Crippen molar-refractivity contribution < 1.29 is 28.2 Å². The van der Waals surface area contributed by atoms with Gasteiger partial charge in [-0.25, -0.2) is 4.39 Å². The van der Waals surface area contributed by atoms with Gasteiger partial charge in [-0.05, 0) is 58.2 Å². The Morgan fingerprint density at radius 1 is 1.10 bits per heavy atom. The highest BCUT2D eigenvalue weighted by Gasteiger charge is 2.30. The van der Waals surface area contributed by atoms with Gasteiger partial charge in [0.2, 0.25) is 5.91 Å². The van der Waals surface area contributed by atoms with Gasteiger partial charge in [0.25, 0.3) is 0 Å². The number of halogens is 1. The lowest BCUT2D eigenvalue weighted by Crippen LogP contribution is -2.40. The number of rotatable bonds is 9. The molecule has 0 aliphatic heterocycles. The lowest BCUT2D eigenvalue weighted by molar-refractivity contribution is -0.158. The highest BCUT2D eigenvalue weighted by molar-refractivity contribution is 5.84. The molecule has 0 saturated carbocycles. The van der Waals surface area contributed by atoms with Crippen LogP contribution in [0, 0.1) is 17.7 Å². The molecule has 3 atom stereocenters. The van der Waals surface area contributed by atoms with Crippen LogP contribution in [0.5, 0.6) is 0 Å². The van der Waals surface area contributed by atoms with E-state index in [1.807, 2.05) is 6.92 Å².